The number of rotatable bonds is 8. The second-order valence-electron chi connectivity index (χ2n) is 4.77. The van der Waals surface area contributed by atoms with Gasteiger partial charge in [0.25, 0.3) is 0 Å². The van der Waals surface area contributed by atoms with Crippen LogP contribution in [0.3, 0.4) is 0 Å². The van der Waals surface area contributed by atoms with Crippen LogP contribution >= 0.6 is 0 Å². The van der Waals surface area contributed by atoms with Crippen LogP contribution in [0, 0.1) is 13.8 Å². The summed E-state index contributed by atoms with van der Waals surface area (Å²) in [6, 6.07) is 3.39. The van der Waals surface area contributed by atoms with Crippen LogP contribution in [0.4, 0.5) is 0 Å². The second kappa shape index (κ2) is 7.61. The Balaban J connectivity index is 2.74. The summed E-state index contributed by atoms with van der Waals surface area (Å²) < 4.78 is 34.1. The van der Waals surface area contributed by atoms with Crippen molar-refractivity contribution < 1.29 is 17.9 Å². The van der Waals surface area contributed by atoms with Gasteiger partial charge in [-0.1, -0.05) is 19.4 Å². The van der Waals surface area contributed by atoms with E-state index in [0.717, 1.165) is 24.0 Å². The lowest BCUT2D eigenvalue weighted by atomic mass is 10.1. The maximum atomic E-state index is 11.6. The first-order valence-electron chi connectivity index (χ1n) is 6.71. The summed E-state index contributed by atoms with van der Waals surface area (Å²) in [5.74, 6) is 0.317. The van der Waals surface area contributed by atoms with E-state index in [9.17, 15) is 8.42 Å². The zero-order valence-electron chi connectivity index (χ0n) is 12.3. The SMILES string of the molecule is CCCCOCCOc1c(C)cc(C)cc1S(N)(=O)=O. The van der Waals surface area contributed by atoms with Crippen molar-refractivity contribution in [3.63, 3.8) is 0 Å². The smallest absolute Gasteiger partial charge is 0.241 e. The fourth-order valence-corrected chi connectivity index (χ4v) is 2.69. The molecule has 0 saturated heterocycles. The lowest BCUT2D eigenvalue weighted by molar-refractivity contribution is 0.0968. The van der Waals surface area contributed by atoms with Gasteiger partial charge in [-0.2, -0.15) is 0 Å². The minimum absolute atomic E-state index is 0.0311. The molecule has 0 aliphatic rings. The van der Waals surface area contributed by atoms with Gasteiger partial charge in [-0.3, -0.25) is 0 Å². The van der Waals surface area contributed by atoms with Crippen molar-refractivity contribution in [2.24, 2.45) is 5.14 Å². The van der Waals surface area contributed by atoms with Crippen LogP contribution in [0.25, 0.3) is 0 Å². The first-order valence-corrected chi connectivity index (χ1v) is 8.25. The Bertz CT molecular complexity index is 540. The Kier molecular flexibility index (Phi) is 6.45. The normalized spacial score (nSPS) is 11.6. The molecule has 0 spiro atoms. The van der Waals surface area contributed by atoms with E-state index in [0.29, 0.717) is 25.6 Å². The van der Waals surface area contributed by atoms with E-state index in [1.807, 2.05) is 13.0 Å². The van der Waals surface area contributed by atoms with Crippen LogP contribution in [0.15, 0.2) is 17.0 Å². The number of sulfonamides is 1. The molecule has 20 heavy (non-hydrogen) atoms. The maximum absolute atomic E-state index is 11.6. The van der Waals surface area contributed by atoms with Crippen LogP contribution in [0.2, 0.25) is 0 Å². The van der Waals surface area contributed by atoms with E-state index in [-0.39, 0.29) is 4.90 Å². The predicted octanol–water partition coefficient (Wildman–Crippen LogP) is 2.15. The van der Waals surface area contributed by atoms with Crippen LogP contribution in [-0.2, 0) is 14.8 Å². The van der Waals surface area contributed by atoms with Crippen LogP contribution in [0.1, 0.15) is 30.9 Å². The second-order valence-corrected chi connectivity index (χ2v) is 6.30. The number of nitrogens with two attached hydrogens (primary N) is 1. The molecule has 0 heterocycles. The topological polar surface area (TPSA) is 78.6 Å². The Morgan fingerprint density at radius 1 is 1.15 bits per heavy atom. The number of unbranched alkanes of at least 4 members (excludes halogenated alkanes) is 1. The number of hydrogen-bond donors (Lipinski definition) is 1. The lowest BCUT2D eigenvalue weighted by Crippen LogP contribution is -2.16. The molecule has 0 aromatic heterocycles. The third-order valence-corrected chi connectivity index (χ3v) is 3.72. The van der Waals surface area contributed by atoms with Crippen molar-refractivity contribution in [2.75, 3.05) is 19.8 Å². The van der Waals surface area contributed by atoms with Crippen molar-refractivity contribution >= 4 is 10.0 Å². The van der Waals surface area contributed by atoms with E-state index in [2.05, 4.69) is 6.92 Å². The standard InChI is InChI=1S/C14H23NO4S/c1-4-5-6-18-7-8-19-14-12(3)9-11(2)10-13(14)20(15,16)17/h9-10H,4-8H2,1-3H3,(H2,15,16,17). The van der Waals surface area contributed by atoms with E-state index < -0.39 is 10.0 Å². The summed E-state index contributed by atoms with van der Waals surface area (Å²) >= 11 is 0. The molecule has 0 bridgehead atoms. The summed E-state index contributed by atoms with van der Waals surface area (Å²) in [6.07, 6.45) is 2.08. The highest BCUT2D eigenvalue weighted by Crippen LogP contribution is 2.28. The summed E-state index contributed by atoms with van der Waals surface area (Å²) in [5.41, 5.74) is 1.58. The van der Waals surface area contributed by atoms with Gasteiger partial charge in [0.1, 0.15) is 17.3 Å². The van der Waals surface area contributed by atoms with Crippen LogP contribution in [0.5, 0.6) is 5.75 Å². The Hall–Kier alpha value is -1.11. The van der Waals surface area contributed by atoms with Crippen LogP contribution in [-0.4, -0.2) is 28.2 Å². The highest BCUT2D eigenvalue weighted by atomic mass is 32.2. The minimum Gasteiger partial charge on any atom is -0.489 e. The van der Waals surface area contributed by atoms with Gasteiger partial charge in [0.15, 0.2) is 0 Å². The number of primary sulfonamides is 1. The molecule has 1 aromatic rings. The molecule has 0 saturated carbocycles. The highest BCUT2D eigenvalue weighted by Gasteiger charge is 2.18. The predicted molar refractivity (Wildman–Crippen MR) is 78.5 cm³/mol. The van der Waals surface area contributed by atoms with Crippen molar-refractivity contribution in [2.45, 2.75) is 38.5 Å². The van der Waals surface area contributed by atoms with Crippen molar-refractivity contribution in [3.05, 3.63) is 23.3 Å². The summed E-state index contributed by atoms with van der Waals surface area (Å²) in [4.78, 5) is 0.0311. The average Bonchev–Trinajstić information content (AvgIpc) is 2.34. The third kappa shape index (κ3) is 5.11. The van der Waals surface area contributed by atoms with Gasteiger partial charge in [-0.25, -0.2) is 13.6 Å². The molecule has 2 N–H and O–H groups in total. The molecule has 0 radical (unpaired) electrons. The fraction of sp³-hybridized carbons (Fsp3) is 0.571. The van der Waals surface area contributed by atoms with Gasteiger partial charge >= 0.3 is 0 Å². The first-order chi connectivity index (χ1) is 9.36. The summed E-state index contributed by atoms with van der Waals surface area (Å²) in [6.45, 7) is 7.13. The molecule has 1 aromatic carbocycles. The zero-order valence-corrected chi connectivity index (χ0v) is 13.1. The van der Waals surface area contributed by atoms with Crippen molar-refractivity contribution in [3.8, 4) is 5.75 Å². The van der Waals surface area contributed by atoms with E-state index in [1.165, 1.54) is 6.07 Å². The van der Waals surface area contributed by atoms with Gasteiger partial charge in [-0.15, -0.1) is 0 Å². The molecule has 0 amide bonds. The van der Waals surface area contributed by atoms with Crippen molar-refractivity contribution in [1.82, 2.24) is 0 Å². The molecule has 0 unspecified atom stereocenters. The fourth-order valence-electron chi connectivity index (χ4n) is 1.86. The Morgan fingerprint density at radius 2 is 1.85 bits per heavy atom. The summed E-state index contributed by atoms with van der Waals surface area (Å²) in [7, 11) is -3.80. The van der Waals surface area contributed by atoms with Crippen molar-refractivity contribution in [1.29, 1.82) is 0 Å². The molecule has 6 heteroatoms. The monoisotopic (exact) mass is 301 g/mol. The van der Waals surface area contributed by atoms with Gasteiger partial charge in [0.05, 0.1) is 6.61 Å². The largest absolute Gasteiger partial charge is 0.489 e. The Morgan fingerprint density at radius 3 is 2.45 bits per heavy atom. The molecule has 1 rings (SSSR count). The molecular formula is C14H23NO4S. The lowest BCUT2D eigenvalue weighted by Gasteiger charge is -2.14. The third-order valence-electron chi connectivity index (χ3n) is 2.81. The molecule has 0 aliphatic heterocycles. The highest BCUT2D eigenvalue weighted by molar-refractivity contribution is 7.89. The van der Waals surface area contributed by atoms with Crippen LogP contribution < -0.4 is 9.88 Å². The van der Waals surface area contributed by atoms with Gasteiger partial charge in [0.2, 0.25) is 10.0 Å². The van der Waals surface area contributed by atoms with E-state index >= 15 is 0 Å². The van der Waals surface area contributed by atoms with E-state index in [4.69, 9.17) is 14.6 Å². The molecule has 114 valence electrons. The minimum atomic E-state index is -3.80. The average molecular weight is 301 g/mol. The number of benzene rings is 1. The number of ether oxygens (including phenoxy) is 2. The zero-order chi connectivity index (χ0) is 15.2. The molecular weight excluding hydrogens is 278 g/mol. The molecule has 0 fully saturated rings. The maximum Gasteiger partial charge on any atom is 0.241 e. The molecule has 0 aliphatic carbocycles. The quantitative estimate of drug-likeness (QED) is 0.746. The number of aryl methyl sites for hydroxylation is 2. The summed E-state index contributed by atoms with van der Waals surface area (Å²) in [5, 5.41) is 5.23. The van der Waals surface area contributed by atoms with Gasteiger partial charge in [0, 0.05) is 6.61 Å². The Labute approximate surface area is 121 Å². The first kappa shape index (κ1) is 16.9. The number of hydrogen-bond acceptors (Lipinski definition) is 4. The molecule has 0 atom stereocenters. The van der Waals surface area contributed by atoms with E-state index in [1.54, 1.807) is 6.92 Å². The molecule has 5 nitrogen and oxygen atoms in total. The van der Waals surface area contributed by atoms with Gasteiger partial charge in [-0.05, 0) is 37.5 Å². The van der Waals surface area contributed by atoms with Gasteiger partial charge < -0.3 is 9.47 Å².